The molecule has 0 saturated heterocycles. The fourth-order valence-corrected chi connectivity index (χ4v) is 0.926. The monoisotopic (exact) mass is 508 g/mol. The minimum Gasteiger partial charge on any atom is -1.00 e. The van der Waals surface area contributed by atoms with Crippen LogP contribution in [0.1, 0.15) is 19.2 Å². The summed E-state index contributed by atoms with van der Waals surface area (Å²) in [5.41, 5.74) is 0. The lowest BCUT2D eigenvalue weighted by atomic mass is 10.5. The summed E-state index contributed by atoms with van der Waals surface area (Å²) in [6, 6.07) is 0. The van der Waals surface area contributed by atoms with Gasteiger partial charge < -0.3 is 24.0 Å². The van der Waals surface area contributed by atoms with Gasteiger partial charge >= 0.3 is 0 Å². The number of nitrogens with zero attached hydrogens (tertiary/aromatic N) is 1. The molecular weight excluding hydrogens is 493 g/mol. The Labute approximate surface area is 125 Å². The molecule has 0 atom stereocenters. The molecule has 74 valence electrons. The van der Waals surface area contributed by atoms with E-state index in [-0.39, 0.29) is 71.9 Å². The second kappa shape index (κ2) is 10.5. The second-order valence-electron chi connectivity index (χ2n) is 2.24. The van der Waals surface area contributed by atoms with Crippen LogP contribution in [0.4, 0.5) is 0 Å². The van der Waals surface area contributed by atoms with Gasteiger partial charge in [0.05, 0.1) is 6.54 Å². The lowest BCUT2D eigenvalue weighted by Gasteiger charge is -1.90. The summed E-state index contributed by atoms with van der Waals surface area (Å²) in [5.74, 6) is 1.23. The van der Waals surface area contributed by atoms with Crippen LogP contribution in [0, 0.1) is 6.92 Å². The molecule has 0 radical (unpaired) electrons. The topological polar surface area (TPSA) is 19.7 Å². The number of aromatic nitrogens is 2. The molecule has 1 heterocycles. The number of nitrogens with one attached hydrogen (secondary N) is 1. The number of rotatable bonds is 2. The molecule has 0 amide bonds. The Bertz CT molecular complexity index is 189. The predicted molar refractivity (Wildman–Crippen MR) is 66.8 cm³/mol. The molecule has 0 unspecified atom stereocenters. The molecule has 0 saturated carbocycles. The van der Waals surface area contributed by atoms with E-state index in [9.17, 15) is 0 Å². The molecule has 0 fully saturated rings. The van der Waals surface area contributed by atoms with Crippen LogP contribution in [0.3, 0.4) is 0 Å². The fraction of sp³-hybridized carbons (Fsp3) is 0.571. The maximum Gasteiger partial charge on any atom is 0.251 e. The van der Waals surface area contributed by atoms with Crippen molar-refractivity contribution in [1.29, 1.82) is 0 Å². The zero-order chi connectivity index (χ0) is 6.69. The molecule has 0 aliphatic carbocycles. The lowest BCUT2D eigenvalue weighted by molar-refractivity contribution is -0.701. The molecule has 12 heavy (non-hydrogen) atoms. The zero-order valence-corrected chi connectivity index (χ0v) is 14.0. The molecule has 1 N–H and O–H groups in total. The Balaban J connectivity index is -0.000000270. The summed E-state index contributed by atoms with van der Waals surface area (Å²) in [6.07, 6.45) is 5.23. The third-order valence-corrected chi connectivity index (χ3v) is 1.44. The Hall–Kier alpha value is 1.40. The molecule has 2 nitrogen and oxygen atoms in total. The number of aromatic amines is 1. The highest BCUT2D eigenvalue weighted by Gasteiger charge is 2.00. The first-order chi connectivity index (χ1) is 4.34. The van der Waals surface area contributed by atoms with Gasteiger partial charge in [-0.15, -0.1) is 48.0 Å². The summed E-state index contributed by atoms with van der Waals surface area (Å²) in [7, 11) is 0. The van der Waals surface area contributed by atoms with Crippen molar-refractivity contribution in [2.45, 2.75) is 26.8 Å². The zero-order valence-electron chi connectivity index (χ0n) is 7.21. The van der Waals surface area contributed by atoms with Gasteiger partial charge in [0.15, 0.2) is 0 Å². The van der Waals surface area contributed by atoms with Crippen molar-refractivity contribution in [3.63, 3.8) is 0 Å². The van der Waals surface area contributed by atoms with Crippen molar-refractivity contribution >= 4 is 48.0 Å². The molecule has 1 aromatic rings. The largest absolute Gasteiger partial charge is 1.00 e. The number of hydrogen-bond donors (Lipinski definition) is 1. The number of H-pyrrole nitrogens is 1. The summed E-state index contributed by atoms with van der Waals surface area (Å²) >= 11 is 0. The molecule has 1 aromatic heterocycles. The number of halogens is 3. The van der Waals surface area contributed by atoms with Gasteiger partial charge in [-0.2, -0.15) is 0 Å². The van der Waals surface area contributed by atoms with Crippen molar-refractivity contribution in [3.8, 4) is 0 Å². The van der Waals surface area contributed by atoms with Gasteiger partial charge in [0, 0.05) is 6.92 Å². The molecule has 0 bridgehead atoms. The minimum atomic E-state index is 0. The van der Waals surface area contributed by atoms with Gasteiger partial charge in [-0.25, -0.2) is 9.55 Å². The van der Waals surface area contributed by atoms with Crippen LogP contribution in [0.5, 0.6) is 0 Å². The molecule has 0 aromatic carbocycles. The molecule has 0 aliphatic heterocycles. The molecule has 0 spiro atoms. The Kier molecular flexibility index (Phi) is 16.6. The number of aryl methyl sites for hydroxylation is 2. The van der Waals surface area contributed by atoms with Gasteiger partial charge in [0.25, 0.3) is 5.82 Å². The highest BCUT2D eigenvalue weighted by Crippen LogP contribution is 1.82. The summed E-state index contributed by atoms with van der Waals surface area (Å²) in [5, 5.41) is 0. The van der Waals surface area contributed by atoms with E-state index in [1.807, 2.05) is 6.20 Å². The average molecular weight is 508 g/mol. The van der Waals surface area contributed by atoms with Crippen LogP contribution in [0.25, 0.3) is 0 Å². The van der Waals surface area contributed by atoms with Crippen LogP contribution < -0.4 is 28.5 Å². The summed E-state index contributed by atoms with van der Waals surface area (Å²) in [6.45, 7) is 5.38. The van der Waals surface area contributed by atoms with E-state index in [1.165, 1.54) is 12.2 Å². The lowest BCUT2D eigenvalue weighted by Crippen LogP contribution is -3.00. The van der Waals surface area contributed by atoms with Gasteiger partial charge in [-0.05, 0) is 6.42 Å². The Morgan fingerprint density at radius 1 is 1.42 bits per heavy atom. The van der Waals surface area contributed by atoms with Crippen molar-refractivity contribution in [2.75, 3.05) is 0 Å². The summed E-state index contributed by atoms with van der Waals surface area (Å²) in [4.78, 5) is 3.12. The van der Waals surface area contributed by atoms with Crippen LogP contribution >= 0.6 is 48.0 Å². The van der Waals surface area contributed by atoms with Crippen LogP contribution in [0.15, 0.2) is 12.4 Å². The third-order valence-electron chi connectivity index (χ3n) is 1.44. The highest BCUT2D eigenvalue weighted by atomic mass is 127. The maximum absolute atomic E-state index is 3.12. The van der Waals surface area contributed by atoms with E-state index in [0.29, 0.717) is 0 Å². The van der Waals surface area contributed by atoms with Crippen molar-refractivity contribution in [2.24, 2.45) is 0 Å². The SMILES string of the molecule is CCC[n+]1cc[nH]c1C.I.I.[I-]. The Morgan fingerprint density at radius 3 is 2.33 bits per heavy atom. The third kappa shape index (κ3) is 5.95. The van der Waals surface area contributed by atoms with Crippen LogP contribution in [0.2, 0.25) is 0 Å². The number of imidazole rings is 1. The highest BCUT2D eigenvalue weighted by molar-refractivity contribution is 14.0. The first kappa shape index (κ1) is 19.0. The smallest absolute Gasteiger partial charge is 0.251 e. The number of hydrogen-bond acceptors (Lipinski definition) is 0. The van der Waals surface area contributed by atoms with E-state index in [1.54, 1.807) is 0 Å². The Morgan fingerprint density at radius 2 is 2.00 bits per heavy atom. The molecule has 5 heteroatoms. The molecular formula is C7H15I3N2. The van der Waals surface area contributed by atoms with Gasteiger partial charge in [0.1, 0.15) is 12.4 Å². The van der Waals surface area contributed by atoms with Crippen molar-refractivity contribution in [3.05, 3.63) is 18.2 Å². The van der Waals surface area contributed by atoms with Gasteiger partial charge in [-0.3, -0.25) is 0 Å². The quantitative estimate of drug-likeness (QED) is 0.402. The first-order valence-electron chi connectivity index (χ1n) is 3.38. The van der Waals surface area contributed by atoms with Crippen molar-refractivity contribution < 1.29 is 28.5 Å². The van der Waals surface area contributed by atoms with Gasteiger partial charge in [0.2, 0.25) is 0 Å². The fourth-order valence-electron chi connectivity index (χ4n) is 0.926. The van der Waals surface area contributed by atoms with Crippen LogP contribution in [-0.2, 0) is 6.54 Å². The maximum atomic E-state index is 3.12. The van der Waals surface area contributed by atoms with E-state index < -0.39 is 0 Å². The predicted octanol–water partition coefficient (Wildman–Crippen LogP) is -0.739. The van der Waals surface area contributed by atoms with E-state index in [0.717, 1.165) is 6.54 Å². The van der Waals surface area contributed by atoms with E-state index >= 15 is 0 Å². The van der Waals surface area contributed by atoms with Crippen LogP contribution in [-0.4, -0.2) is 4.98 Å². The average Bonchev–Trinajstić information content (AvgIpc) is 2.18. The normalized spacial score (nSPS) is 7.50. The first-order valence-corrected chi connectivity index (χ1v) is 3.38. The minimum absolute atomic E-state index is 0. The van der Waals surface area contributed by atoms with Gasteiger partial charge in [-0.1, -0.05) is 6.92 Å². The van der Waals surface area contributed by atoms with Crippen molar-refractivity contribution in [1.82, 2.24) is 4.98 Å². The second-order valence-corrected chi connectivity index (χ2v) is 2.24. The molecule has 1 rings (SSSR count). The molecule has 0 aliphatic rings. The van der Waals surface area contributed by atoms with E-state index in [4.69, 9.17) is 0 Å². The summed E-state index contributed by atoms with van der Waals surface area (Å²) < 4.78 is 2.21. The van der Waals surface area contributed by atoms with E-state index in [2.05, 4.69) is 29.6 Å². The standard InChI is InChI=1S/C7H12N2.3HI/c1-3-5-9-6-4-8-7(9)2;;;/h4,6H,3,5H2,1-2H3;3*1H.